The number of ketones is 1. The van der Waals surface area contributed by atoms with Gasteiger partial charge in [0.2, 0.25) is 10.0 Å². The molecule has 1 N–H and O–H groups in total. The number of fused-ring (bicyclic) bond motifs is 3. The van der Waals surface area contributed by atoms with Crippen LogP contribution >= 0.6 is 0 Å². The Bertz CT molecular complexity index is 1180. The zero-order valence-electron chi connectivity index (χ0n) is 19.3. The number of hydrogen-bond acceptors (Lipinski definition) is 5. The van der Waals surface area contributed by atoms with Crippen LogP contribution in [0.4, 0.5) is 0 Å². The van der Waals surface area contributed by atoms with Crippen LogP contribution in [0.15, 0.2) is 17.0 Å². The highest BCUT2D eigenvalue weighted by atomic mass is 32.2. The molecule has 0 amide bonds. The summed E-state index contributed by atoms with van der Waals surface area (Å²) in [5.41, 5.74) is 2.84. The van der Waals surface area contributed by atoms with Crippen molar-refractivity contribution in [1.29, 1.82) is 0 Å². The predicted octanol–water partition coefficient (Wildman–Crippen LogP) is 3.85. The van der Waals surface area contributed by atoms with E-state index in [2.05, 4.69) is 18.8 Å². The van der Waals surface area contributed by atoms with Crippen LogP contribution < -0.4 is 0 Å². The molecule has 2 aromatic rings. The summed E-state index contributed by atoms with van der Waals surface area (Å²) in [6.45, 7) is 8.61. The van der Waals surface area contributed by atoms with E-state index in [1.807, 2.05) is 13.0 Å². The fraction of sp³-hybridized carbons (Fsp3) is 0.583. The lowest BCUT2D eigenvalue weighted by molar-refractivity contribution is -0.149. The van der Waals surface area contributed by atoms with Gasteiger partial charge in [-0.1, -0.05) is 20.8 Å². The van der Waals surface area contributed by atoms with Crippen molar-refractivity contribution in [3.05, 3.63) is 29.0 Å². The number of sulfonamides is 1. The summed E-state index contributed by atoms with van der Waals surface area (Å²) < 4.78 is 33.8. The van der Waals surface area contributed by atoms with E-state index >= 15 is 0 Å². The van der Waals surface area contributed by atoms with Gasteiger partial charge in [-0.3, -0.25) is 9.59 Å². The van der Waals surface area contributed by atoms with Crippen LogP contribution in [0.1, 0.15) is 68.6 Å². The van der Waals surface area contributed by atoms with E-state index in [1.165, 1.54) is 4.31 Å². The average Bonchev–Trinajstić information content (AvgIpc) is 3.09. The summed E-state index contributed by atoms with van der Waals surface area (Å²) >= 11 is 0. The molecule has 7 nitrogen and oxygen atoms in total. The van der Waals surface area contributed by atoms with E-state index < -0.39 is 15.9 Å². The van der Waals surface area contributed by atoms with Crippen molar-refractivity contribution in [2.75, 3.05) is 19.7 Å². The third kappa shape index (κ3) is 3.99. The maximum absolute atomic E-state index is 13.6. The first kappa shape index (κ1) is 23.0. The van der Waals surface area contributed by atoms with Gasteiger partial charge in [0.25, 0.3) is 0 Å². The molecular weight excluding hydrogens is 428 g/mol. The highest BCUT2D eigenvalue weighted by Gasteiger charge is 2.37. The zero-order chi connectivity index (χ0) is 23.3. The van der Waals surface area contributed by atoms with Crippen LogP contribution in [0, 0.1) is 11.3 Å². The smallest absolute Gasteiger partial charge is 0.310 e. The van der Waals surface area contributed by atoms with Gasteiger partial charge in [0.1, 0.15) is 0 Å². The molecule has 1 aliphatic heterocycles. The number of aromatic nitrogens is 1. The summed E-state index contributed by atoms with van der Waals surface area (Å²) in [5, 5.41) is 0.805. The van der Waals surface area contributed by atoms with Gasteiger partial charge in [-0.2, -0.15) is 4.31 Å². The first-order valence-corrected chi connectivity index (χ1v) is 12.9. The maximum Gasteiger partial charge on any atom is 0.310 e. The van der Waals surface area contributed by atoms with Crippen molar-refractivity contribution >= 4 is 32.7 Å². The summed E-state index contributed by atoms with van der Waals surface area (Å²) in [6, 6.07) is 3.54. The van der Waals surface area contributed by atoms with Crippen LogP contribution in [-0.4, -0.2) is 49.2 Å². The quantitative estimate of drug-likeness (QED) is 0.684. The lowest BCUT2D eigenvalue weighted by Gasteiger charge is -2.31. The molecule has 1 fully saturated rings. The van der Waals surface area contributed by atoms with Gasteiger partial charge in [-0.15, -0.1) is 0 Å². The van der Waals surface area contributed by atoms with Crippen LogP contribution in [0.5, 0.6) is 0 Å². The molecule has 1 atom stereocenters. The Kier molecular flexibility index (Phi) is 5.96. The Hall–Kier alpha value is -2.19. The molecule has 0 spiro atoms. The van der Waals surface area contributed by atoms with E-state index in [1.54, 1.807) is 13.0 Å². The van der Waals surface area contributed by atoms with Crippen molar-refractivity contribution in [2.24, 2.45) is 11.3 Å². The first-order valence-electron chi connectivity index (χ1n) is 11.4. The van der Waals surface area contributed by atoms with Crippen molar-refractivity contribution in [3.63, 3.8) is 0 Å². The third-order valence-corrected chi connectivity index (χ3v) is 8.58. The number of esters is 1. The molecule has 8 heteroatoms. The van der Waals surface area contributed by atoms with Gasteiger partial charge in [0.05, 0.1) is 17.4 Å². The molecule has 1 aliphatic carbocycles. The minimum absolute atomic E-state index is 0.105. The number of rotatable bonds is 5. The summed E-state index contributed by atoms with van der Waals surface area (Å²) in [5.74, 6) is -0.671. The van der Waals surface area contributed by atoms with E-state index in [-0.39, 0.29) is 35.2 Å². The molecular formula is C24H32N2O5S. The molecule has 1 aromatic heterocycles. The fourth-order valence-corrected chi connectivity index (χ4v) is 6.93. The normalized spacial score (nSPS) is 21.5. The Balaban J connectivity index is 1.75. The molecule has 0 bridgehead atoms. The number of nitrogens with one attached hydrogen (secondary N) is 1. The highest BCUT2D eigenvalue weighted by Crippen LogP contribution is 2.39. The van der Waals surface area contributed by atoms with Crippen molar-refractivity contribution in [3.8, 4) is 0 Å². The number of Topliss-reactive ketones (excluding diaryl/α,β-unsaturated/α-hetero) is 1. The second-order valence-corrected chi connectivity index (χ2v) is 11.6. The van der Waals surface area contributed by atoms with Gasteiger partial charge in [-0.05, 0) is 55.7 Å². The highest BCUT2D eigenvalue weighted by molar-refractivity contribution is 7.89. The fourth-order valence-electron chi connectivity index (χ4n) is 5.11. The zero-order valence-corrected chi connectivity index (χ0v) is 20.1. The molecule has 0 radical (unpaired) electrons. The second-order valence-electron chi connectivity index (χ2n) is 9.73. The lowest BCUT2D eigenvalue weighted by Crippen LogP contribution is -2.43. The van der Waals surface area contributed by atoms with Crippen LogP contribution in [0.3, 0.4) is 0 Å². The summed E-state index contributed by atoms with van der Waals surface area (Å²) in [6.07, 6.45) is 3.01. The molecule has 1 unspecified atom stereocenters. The van der Waals surface area contributed by atoms with Crippen LogP contribution in [0.2, 0.25) is 0 Å². The standard InChI is InChI=1S/C24H32N2O5S/c1-5-15-10-17-18(25-19-12-24(3,4)13-20(27)22(17)19)11-21(15)32(29,30)26-9-7-8-16(14-26)23(28)31-6-2/h10-11,16,25H,5-9,12-14H2,1-4H3. The van der Waals surface area contributed by atoms with Gasteiger partial charge < -0.3 is 9.72 Å². The van der Waals surface area contributed by atoms with Gasteiger partial charge in [-0.25, -0.2) is 8.42 Å². The Morgan fingerprint density at radius 2 is 2.00 bits per heavy atom. The van der Waals surface area contributed by atoms with Crippen LogP contribution in [-0.2, 0) is 32.4 Å². The largest absolute Gasteiger partial charge is 0.466 e. The van der Waals surface area contributed by atoms with Crippen molar-refractivity contribution in [2.45, 2.75) is 64.7 Å². The lowest BCUT2D eigenvalue weighted by atomic mass is 9.76. The topological polar surface area (TPSA) is 96.5 Å². The Morgan fingerprint density at radius 1 is 1.25 bits per heavy atom. The van der Waals surface area contributed by atoms with Crippen molar-refractivity contribution < 1.29 is 22.7 Å². The maximum atomic E-state index is 13.6. The van der Waals surface area contributed by atoms with E-state index in [0.717, 1.165) is 17.5 Å². The second kappa shape index (κ2) is 8.30. The number of nitrogens with zero attached hydrogens (tertiary/aromatic N) is 1. The van der Waals surface area contributed by atoms with E-state index in [9.17, 15) is 18.0 Å². The number of aromatic amines is 1. The molecule has 174 valence electrons. The van der Waals surface area contributed by atoms with Gasteiger partial charge in [0, 0.05) is 41.7 Å². The number of carbonyl (C=O) groups is 2. The molecule has 1 saturated heterocycles. The first-order chi connectivity index (χ1) is 15.1. The third-order valence-electron chi connectivity index (χ3n) is 6.63. The molecule has 2 aliphatic rings. The molecule has 2 heterocycles. The predicted molar refractivity (Wildman–Crippen MR) is 122 cm³/mol. The molecule has 4 rings (SSSR count). The Labute approximate surface area is 189 Å². The number of benzene rings is 1. The number of carbonyl (C=O) groups excluding carboxylic acids is 2. The van der Waals surface area contributed by atoms with Crippen LogP contribution in [0.25, 0.3) is 10.9 Å². The molecule has 0 saturated carbocycles. The number of aryl methyl sites for hydroxylation is 1. The Morgan fingerprint density at radius 3 is 2.69 bits per heavy atom. The minimum Gasteiger partial charge on any atom is -0.466 e. The van der Waals surface area contributed by atoms with Gasteiger partial charge >= 0.3 is 5.97 Å². The summed E-state index contributed by atoms with van der Waals surface area (Å²) in [7, 11) is -3.79. The monoisotopic (exact) mass is 460 g/mol. The van der Waals surface area contributed by atoms with E-state index in [0.29, 0.717) is 48.9 Å². The average molecular weight is 461 g/mol. The number of hydrogen-bond donors (Lipinski definition) is 1. The molecule has 1 aromatic carbocycles. The minimum atomic E-state index is -3.79. The number of H-pyrrole nitrogens is 1. The SMILES string of the molecule is CCOC(=O)C1CCCN(S(=O)(=O)c2cc3[nH]c4c(c3cc2CC)C(=O)CC(C)(C)C4)C1. The molecule has 32 heavy (non-hydrogen) atoms. The van der Waals surface area contributed by atoms with Gasteiger partial charge in [0.15, 0.2) is 5.78 Å². The van der Waals surface area contributed by atoms with Crippen molar-refractivity contribution in [1.82, 2.24) is 9.29 Å². The summed E-state index contributed by atoms with van der Waals surface area (Å²) in [4.78, 5) is 28.7. The number of ether oxygens (including phenoxy) is 1. The number of piperidine rings is 1. The van der Waals surface area contributed by atoms with E-state index in [4.69, 9.17) is 4.74 Å².